The Morgan fingerprint density at radius 1 is 0.317 bits per heavy atom. The minimum absolute atomic E-state index is 0.667. The molecule has 0 aliphatic carbocycles. The molecular formula is C59H37N3O. The smallest absolute Gasteiger partial charge is 0.162 e. The lowest BCUT2D eigenvalue weighted by Crippen LogP contribution is -1.96. The second-order valence-electron chi connectivity index (χ2n) is 15.9. The summed E-state index contributed by atoms with van der Waals surface area (Å²) in [6.07, 6.45) is 0. The van der Waals surface area contributed by atoms with E-state index >= 15 is 0 Å². The second kappa shape index (κ2) is 15.2. The van der Waals surface area contributed by atoms with E-state index in [1.807, 2.05) is 24.3 Å². The minimum atomic E-state index is 0.667. The maximum atomic E-state index is 6.69. The Kier molecular flexibility index (Phi) is 8.79. The van der Waals surface area contributed by atoms with Crippen LogP contribution in [0.2, 0.25) is 0 Å². The number of benzene rings is 9. The van der Waals surface area contributed by atoms with Crippen LogP contribution < -0.4 is 0 Å². The van der Waals surface area contributed by atoms with Crippen molar-refractivity contribution in [2.24, 2.45) is 0 Å². The maximum Gasteiger partial charge on any atom is 0.162 e. The fraction of sp³-hybridized carbons (Fsp3) is 0. The summed E-state index contributed by atoms with van der Waals surface area (Å²) in [5, 5.41) is 5.48. The fourth-order valence-electron chi connectivity index (χ4n) is 8.98. The van der Waals surface area contributed by atoms with E-state index in [0.717, 1.165) is 105 Å². The molecule has 12 aromatic rings. The molecule has 12 rings (SSSR count). The average molecular weight is 804 g/mol. The summed E-state index contributed by atoms with van der Waals surface area (Å²) < 4.78 is 6.69. The monoisotopic (exact) mass is 803 g/mol. The molecule has 0 saturated heterocycles. The van der Waals surface area contributed by atoms with Crippen LogP contribution in [-0.4, -0.2) is 15.0 Å². The number of nitrogens with zero attached hydrogens (tertiary/aromatic N) is 3. The molecule has 0 aliphatic rings. The highest BCUT2D eigenvalue weighted by molar-refractivity contribution is 6.23. The van der Waals surface area contributed by atoms with Crippen LogP contribution in [0.1, 0.15) is 0 Å². The number of furan rings is 1. The Morgan fingerprint density at radius 2 is 0.825 bits per heavy atom. The van der Waals surface area contributed by atoms with Gasteiger partial charge in [0.05, 0.1) is 16.9 Å². The van der Waals surface area contributed by atoms with Crippen LogP contribution in [0.25, 0.3) is 122 Å². The molecule has 9 aromatic carbocycles. The van der Waals surface area contributed by atoms with Gasteiger partial charge in [0.1, 0.15) is 11.3 Å². The van der Waals surface area contributed by atoms with E-state index in [4.69, 9.17) is 19.4 Å². The largest absolute Gasteiger partial charge is 0.454 e. The maximum absolute atomic E-state index is 6.69. The van der Waals surface area contributed by atoms with Crippen molar-refractivity contribution in [3.63, 3.8) is 0 Å². The number of fused-ring (bicyclic) bond motifs is 6. The van der Waals surface area contributed by atoms with Crippen molar-refractivity contribution in [1.82, 2.24) is 15.0 Å². The summed E-state index contributed by atoms with van der Waals surface area (Å²) in [6, 6.07) is 78.5. The summed E-state index contributed by atoms with van der Waals surface area (Å²) in [4.78, 5) is 16.0. The molecule has 4 heteroatoms. The molecule has 63 heavy (non-hydrogen) atoms. The van der Waals surface area contributed by atoms with Gasteiger partial charge in [-0.05, 0) is 56.8 Å². The fourth-order valence-corrected chi connectivity index (χ4v) is 8.98. The van der Waals surface area contributed by atoms with E-state index in [1.165, 1.54) is 11.1 Å². The molecule has 294 valence electrons. The van der Waals surface area contributed by atoms with Gasteiger partial charge in [-0.1, -0.05) is 206 Å². The molecule has 0 unspecified atom stereocenters. The van der Waals surface area contributed by atoms with E-state index < -0.39 is 0 Å². The van der Waals surface area contributed by atoms with Gasteiger partial charge in [-0.2, -0.15) is 0 Å². The van der Waals surface area contributed by atoms with E-state index in [0.29, 0.717) is 5.82 Å². The Balaban J connectivity index is 1.02. The number of aromatic nitrogens is 3. The highest BCUT2D eigenvalue weighted by Crippen LogP contribution is 2.43. The third-order valence-electron chi connectivity index (χ3n) is 12.1. The van der Waals surface area contributed by atoms with Crippen molar-refractivity contribution in [3.05, 3.63) is 224 Å². The molecule has 0 fully saturated rings. The Hall–Kier alpha value is -8.47. The molecule has 4 nitrogen and oxygen atoms in total. The summed E-state index contributed by atoms with van der Waals surface area (Å²) in [5.41, 5.74) is 15.8. The van der Waals surface area contributed by atoms with Gasteiger partial charge < -0.3 is 4.42 Å². The zero-order valence-electron chi connectivity index (χ0n) is 34.1. The van der Waals surface area contributed by atoms with Crippen molar-refractivity contribution in [3.8, 4) is 78.5 Å². The van der Waals surface area contributed by atoms with E-state index in [9.17, 15) is 0 Å². The Labute approximate surface area is 364 Å². The summed E-state index contributed by atoms with van der Waals surface area (Å²) >= 11 is 0. The van der Waals surface area contributed by atoms with Crippen molar-refractivity contribution in [1.29, 1.82) is 0 Å². The van der Waals surface area contributed by atoms with Gasteiger partial charge in [-0.25, -0.2) is 15.0 Å². The minimum Gasteiger partial charge on any atom is -0.454 e. The van der Waals surface area contributed by atoms with Crippen LogP contribution in [0, 0.1) is 0 Å². The van der Waals surface area contributed by atoms with Gasteiger partial charge >= 0.3 is 0 Å². The third-order valence-corrected chi connectivity index (χ3v) is 12.1. The average Bonchev–Trinajstić information content (AvgIpc) is 3.77. The van der Waals surface area contributed by atoms with Crippen LogP contribution in [0.3, 0.4) is 0 Å². The quantitative estimate of drug-likeness (QED) is 0.161. The van der Waals surface area contributed by atoms with E-state index in [2.05, 4.69) is 200 Å². The summed E-state index contributed by atoms with van der Waals surface area (Å²) in [7, 11) is 0. The van der Waals surface area contributed by atoms with Crippen LogP contribution in [-0.2, 0) is 0 Å². The highest BCUT2D eigenvalue weighted by Gasteiger charge is 2.21. The van der Waals surface area contributed by atoms with Crippen molar-refractivity contribution in [2.45, 2.75) is 0 Å². The number of hydrogen-bond donors (Lipinski definition) is 0. The molecule has 3 aromatic heterocycles. The molecule has 0 atom stereocenters. The molecule has 0 spiro atoms. The van der Waals surface area contributed by atoms with Crippen molar-refractivity contribution >= 4 is 43.6 Å². The summed E-state index contributed by atoms with van der Waals surface area (Å²) in [6.45, 7) is 0. The third kappa shape index (κ3) is 6.53. The molecule has 0 radical (unpaired) electrons. The lowest BCUT2D eigenvalue weighted by Gasteiger charge is -2.13. The van der Waals surface area contributed by atoms with Crippen LogP contribution in [0.5, 0.6) is 0 Å². The first kappa shape index (κ1) is 36.4. The highest BCUT2D eigenvalue weighted by atomic mass is 16.3. The molecule has 0 bridgehead atoms. The normalized spacial score (nSPS) is 11.5. The molecule has 3 heterocycles. The van der Waals surface area contributed by atoms with Crippen LogP contribution >= 0.6 is 0 Å². The van der Waals surface area contributed by atoms with Crippen molar-refractivity contribution < 1.29 is 4.42 Å². The van der Waals surface area contributed by atoms with Gasteiger partial charge in [0, 0.05) is 44.0 Å². The number of rotatable bonds is 7. The lowest BCUT2D eigenvalue weighted by atomic mass is 9.95. The molecule has 0 saturated carbocycles. The molecule has 0 amide bonds. The molecule has 0 aliphatic heterocycles. The first-order valence-electron chi connectivity index (χ1n) is 21.3. The first-order chi connectivity index (χ1) is 31.2. The van der Waals surface area contributed by atoms with Gasteiger partial charge in [-0.15, -0.1) is 0 Å². The van der Waals surface area contributed by atoms with Gasteiger partial charge in [0.25, 0.3) is 0 Å². The zero-order valence-corrected chi connectivity index (χ0v) is 34.1. The number of para-hydroxylation sites is 2. The lowest BCUT2D eigenvalue weighted by molar-refractivity contribution is 0.669. The zero-order chi connectivity index (χ0) is 41.7. The predicted octanol–water partition coefficient (Wildman–Crippen LogP) is 15.7. The van der Waals surface area contributed by atoms with Gasteiger partial charge in [-0.3, -0.25) is 0 Å². The number of pyridine rings is 1. The Morgan fingerprint density at radius 3 is 1.57 bits per heavy atom. The molecule has 0 N–H and O–H groups in total. The second-order valence-corrected chi connectivity index (χ2v) is 15.9. The molecular weight excluding hydrogens is 767 g/mol. The summed E-state index contributed by atoms with van der Waals surface area (Å²) in [5.74, 6) is 0.667. The van der Waals surface area contributed by atoms with E-state index in [-0.39, 0.29) is 0 Å². The predicted molar refractivity (Wildman–Crippen MR) is 260 cm³/mol. The van der Waals surface area contributed by atoms with E-state index in [1.54, 1.807) is 0 Å². The number of hydrogen-bond acceptors (Lipinski definition) is 4. The first-order valence-corrected chi connectivity index (χ1v) is 21.3. The SMILES string of the molecule is c1ccc(-c2ccc(-c3cc(-c4cccc(-c5cccc6c5nc(-c5cccc7ccccc57)c5oc7ccccc7c56)c4)nc(-c4ccc(-c5ccccc5)cc4)n3)cc2)cc1. The Bertz CT molecular complexity index is 3540. The van der Waals surface area contributed by atoms with Crippen LogP contribution in [0.15, 0.2) is 229 Å². The van der Waals surface area contributed by atoms with Gasteiger partial charge in [0.15, 0.2) is 11.4 Å². The van der Waals surface area contributed by atoms with Crippen molar-refractivity contribution in [2.75, 3.05) is 0 Å². The topological polar surface area (TPSA) is 51.8 Å². The standard InChI is InChI=1S/C59H37N3O/c1-3-14-38(15-4-1)40-28-32-43(33-29-40)52-37-53(61-59(60-52)44-34-30-41(31-35-44)39-16-5-2-6-17-39)46-21-11-20-45(36-46)48-24-13-26-51-55-50-23-9-10-27-54(50)63-58(55)57(62-56(48)51)49-25-12-19-42-18-7-8-22-47(42)49/h1-37H. The van der Waals surface area contributed by atoms with Crippen LogP contribution in [0.4, 0.5) is 0 Å². The van der Waals surface area contributed by atoms with Gasteiger partial charge in [0.2, 0.25) is 0 Å².